The predicted octanol–water partition coefficient (Wildman–Crippen LogP) is 12.1. The van der Waals surface area contributed by atoms with E-state index in [1.165, 1.54) is 0 Å². The average Bonchev–Trinajstić information content (AvgIpc) is 3.93. The van der Waals surface area contributed by atoms with E-state index in [0.717, 1.165) is 71.6 Å². The summed E-state index contributed by atoms with van der Waals surface area (Å²) in [5, 5.41) is 3.76. The van der Waals surface area contributed by atoms with Gasteiger partial charge in [-0.3, -0.25) is 0 Å². The summed E-state index contributed by atoms with van der Waals surface area (Å²) in [4.78, 5) is 20.2. The lowest BCUT2D eigenvalue weighted by atomic mass is 10.0. The molecule has 0 N–H and O–H groups in total. The Labute approximate surface area is 301 Å². The van der Waals surface area contributed by atoms with Crippen LogP contribution in [-0.4, -0.2) is 19.9 Å². The van der Waals surface area contributed by atoms with Crippen LogP contribution in [0.1, 0.15) is 0 Å². The van der Waals surface area contributed by atoms with Crippen LogP contribution < -0.4 is 0 Å². The van der Waals surface area contributed by atoms with Gasteiger partial charge in [0.15, 0.2) is 23.1 Å². The number of benzene rings is 7. The highest BCUT2D eigenvalue weighted by molar-refractivity contribution is 6.15. The lowest BCUT2D eigenvalue weighted by Gasteiger charge is -2.10. The smallest absolute Gasteiger partial charge is 0.227 e. The van der Waals surface area contributed by atoms with Gasteiger partial charge >= 0.3 is 0 Å². The Morgan fingerprint density at radius 3 is 1.58 bits per heavy atom. The third kappa shape index (κ3) is 4.82. The zero-order valence-corrected chi connectivity index (χ0v) is 28.0. The van der Waals surface area contributed by atoms with Gasteiger partial charge in [0.1, 0.15) is 27.8 Å². The van der Waals surface area contributed by atoms with Crippen LogP contribution in [0.3, 0.4) is 0 Å². The Morgan fingerprint density at radius 2 is 0.868 bits per heavy atom. The van der Waals surface area contributed by atoms with E-state index < -0.39 is 0 Å². The summed E-state index contributed by atoms with van der Waals surface area (Å²) in [7, 11) is 0. The summed E-state index contributed by atoms with van der Waals surface area (Å²) in [6.07, 6.45) is 0. The molecule has 0 aliphatic rings. The van der Waals surface area contributed by atoms with Gasteiger partial charge in [-0.2, -0.15) is 0 Å². The van der Waals surface area contributed by atoms with Gasteiger partial charge in [0.2, 0.25) is 5.89 Å². The molecule has 0 aliphatic carbocycles. The Hall–Kier alpha value is -7.38. The summed E-state index contributed by atoms with van der Waals surface area (Å²) in [5.74, 6) is 2.21. The van der Waals surface area contributed by atoms with Crippen molar-refractivity contribution in [1.29, 1.82) is 0 Å². The average molecular weight is 683 g/mol. The number of aromatic nitrogens is 4. The monoisotopic (exact) mass is 682 g/mol. The third-order valence-electron chi connectivity index (χ3n) is 9.80. The van der Waals surface area contributed by atoms with Gasteiger partial charge < -0.3 is 13.3 Å². The second-order valence-corrected chi connectivity index (χ2v) is 13.0. The maximum atomic E-state index is 6.46. The van der Waals surface area contributed by atoms with E-state index in [0.29, 0.717) is 40.1 Å². The first kappa shape index (κ1) is 29.4. The van der Waals surface area contributed by atoms with Crippen molar-refractivity contribution in [2.45, 2.75) is 0 Å². The van der Waals surface area contributed by atoms with Gasteiger partial charge in [-0.15, -0.1) is 0 Å². The fourth-order valence-corrected chi connectivity index (χ4v) is 7.29. The van der Waals surface area contributed by atoms with Gasteiger partial charge in [-0.1, -0.05) is 115 Å². The lowest BCUT2D eigenvalue weighted by molar-refractivity contribution is 0.617. The Balaban J connectivity index is 1.08. The van der Waals surface area contributed by atoms with Crippen LogP contribution in [-0.2, 0) is 0 Å². The largest absolute Gasteiger partial charge is 0.456 e. The molecule has 7 nitrogen and oxygen atoms in total. The molecular formula is C46H26N4O3. The second kappa shape index (κ2) is 11.6. The molecule has 0 aliphatic heterocycles. The van der Waals surface area contributed by atoms with Crippen LogP contribution in [0.25, 0.3) is 112 Å². The van der Waals surface area contributed by atoms with Crippen LogP contribution in [0, 0.1) is 0 Å². The molecule has 4 heterocycles. The van der Waals surface area contributed by atoms with Crippen molar-refractivity contribution in [3.8, 4) is 56.7 Å². The van der Waals surface area contributed by atoms with Gasteiger partial charge in [-0.05, 0) is 47.5 Å². The topological polar surface area (TPSA) is 91.0 Å². The first-order chi connectivity index (χ1) is 26.2. The van der Waals surface area contributed by atoms with Crippen LogP contribution in [0.2, 0.25) is 0 Å². The van der Waals surface area contributed by atoms with Crippen molar-refractivity contribution in [3.63, 3.8) is 0 Å². The highest BCUT2D eigenvalue weighted by Gasteiger charge is 2.21. The number of oxazole rings is 1. The molecule has 0 saturated carbocycles. The molecule has 0 atom stereocenters. The van der Waals surface area contributed by atoms with Gasteiger partial charge in [0.25, 0.3) is 0 Å². The molecule has 0 unspecified atom stereocenters. The number of furan rings is 2. The molecule has 53 heavy (non-hydrogen) atoms. The molecular weight excluding hydrogens is 657 g/mol. The van der Waals surface area contributed by atoms with E-state index in [9.17, 15) is 0 Å². The van der Waals surface area contributed by atoms with E-state index in [1.54, 1.807) is 0 Å². The van der Waals surface area contributed by atoms with Gasteiger partial charge in [-0.25, -0.2) is 19.9 Å². The van der Waals surface area contributed by atoms with Crippen molar-refractivity contribution in [2.24, 2.45) is 0 Å². The van der Waals surface area contributed by atoms with E-state index in [2.05, 4.69) is 30.3 Å². The highest BCUT2D eigenvalue weighted by Crippen LogP contribution is 2.40. The molecule has 4 aromatic heterocycles. The third-order valence-corrected chi connectivity index (χ3v) is 9.80. The van der Waals surface area contributed by atoms with Crippen molar-refractivity contribution >= 4 is 55.0 Å². The lowest BCUT2D eigenvalue weighted by Crippen LogP contribution is -2.00. The maximum Gasteiger partial charge on any atom is 0.227 e. The van der Waals surface area contributed by atoms with E-state index in [1.807, 2.05) is 127 Å². The quantitative estimate of drug-likeness (QED) is 0.178. The predicted molar refractivity (Wildman–Crippen MR) is 209 cm³/mol. The SMILES string of the molecule is c1ccc(-c2ccc(-c3nc4cc5c(cc4o3)oc3cccc(-c4nc(-c6ccccc6)nc(-c6cccc7oc8ccccc8c67)n4)c35)cc2)cc1. The van der Waals surface area contributed by atoms with Gasteiger partial charge in [0, 0.05) is 49.9 Å². The molecule has 11 rings (SSSR count). The van der Waals surface area contributed by atoms with Gasteiger partial charge in [0.05, 0.1) is 0 Å². The second-order valence-electron chi connectivity index (χ2n) is 13.0. The molecule has 248 valence electrons. The molecule has 0 saturated heterocycles. The molecule has 0 fully saturated rings. The fraction of sp³-hybridized carbons (Fsp3) is 0. The number of hydrogen-bond acceptors (Lipinski definition) is 7. The Bertz CT molecular complexity index is 3160. The maximum absolute atomic E-state index is 6.46. The summed E-state index contributed by atoms with van der Waals surface area (Å²) in [5.41, 5.74) is 10.1. The first-order valence-corrected chi connectivity index (χ1v) is 17.4. The summed E-state index contributed by atoms with van der Waals surface area (Å²) < 4.78 is 19.0. The molecule has 0 amide bonds. The van der Waals surface area contributed by atoms with Crippen molar-refractivity contribution < 1.29 is 13.3 Å². The molecule has 0 radical (unpaired) electrons. The molecule has 0 spiro atoms. The minimum atomic E-state index is 0.534. The molecule has 11 aromatic rings. The van der Waals surface area contributed by atoms with Crippen LogP contribution in [0.15, 0.2) is 171 Å². The van der Waals surface area contributed by atoms with Crippen LogP contribution in [0.4, 0.5) is 0 Å². The first-order valence-electron chi connectivity index (χ1n) is 17.4. The number of rotatable bonds is 5. The van der Waals surface area contributed by atoms with Crippen LogP contribution >= 0.6 is 0 Å². The zero-order chi connectivity index (χ0) is 34.9. The normalized spacial score (nSPS) is 11.8. The van der Waals surface area contributed by atoms with Crippen molar-refractivity contribution in [2.75, 3.05) is 0 Å². The van der Waals surface area contributed by atoms with Crippen molar-refractivity contribution in [1.82, 2.24) is 19.9 Å². The summed E-state index contributed by atoms with van der Waals surface area (Å²) in [6, 6.07) is 52.5. The zero-order valence-electron chi connectivity index (χ0n) is 28.0. The van der Waals surface area contributed by atoms with Crippen molar-refractivity contribution in [3.05, 3.63) is 158 Å². The molecule has 0 bridgehead atoms. The number of hydrogen-bond donors (Lipinski definition) is 0. The highest BCUT2D eigenvalue weighted by atomic mass is 16.4. The minimum Gasteiger partial charge on any atom is -0.456 e. The standard InChI is InChI=1S/C46H26N4O3/c1-3-11-27(12-4-1)28-21-23-30(24-22-28)46-47-35-25-34-39(26-40(35)53-46)52-38-20-10-17-33(42(34)38)45-49-43(29-13-5-2-6-14-29)48-44(50-45)32-16-9-19-37-41(32)31-15-7-8-18-36(31)51-37/h1-26H. The number of para-hydroxylation sites is 1. The fourth-order valence-electron chi connectivity index (χ4n) is 7.29. The minimum absolute atomic E-state index is 0.534. The van der Waals surface area contributed by atoms with E-state index >= 15 is 0 Å². The van der Waals surface area contributed by atoms with E-state index in [-0.39, 0.29) is 0 Å². The Kier molecular flexibility index (Phi) is 6.42. The summed E-state index contributed by atoms with van der Waals surface area (Å²) >= 11 is 0. The number of nitrogens with zero attached hydrogens (tertiary/aromatic N) is 4. The number of fused-ring (bicyclic) bond motifs is 7. The summed E-state index contributed by atoms with van der Waals surface area (Å²) in [6.45, 7) is 0. The van der Waals surface area contributed by atoms with Crippen LogP contribution in [0.5, 0.6) is 0 Å². The Morgan fingerprint density at radius 1 is 0.321 bits per heavy atom. The van der Waals surface area contributed by atoms with E-state index in [4.69, 9.17) is 33.2 Å². The molecule has 7 aromatic carbocycles. The molecule has 7 heteroatoms.